The quantitative estimate of drug-likeness (QED) is 0.111. The number of hydrogen-bond donors (Lipinski definition) is 5. The molecule has 0 bridgehead atoms. The van der Waals surface area contributed by atoms with Crippen molar-refractivity contribution in [1.29, 1.82) is 0 Å². The Hall–Kier alpha value is -2.93. The number of ether oxygens (including phenoxy) is 2. The van der Waals surface area contributed by atoms with Crippen LogP contribution in [0.15, 0.2) is 23.8 Å². The summed E-state index contributed by atoms with van der Waals surface area (Å²) >= 11 is 3.54. The Labute approximate surface area is 254 Å². The van der Waals surface area contributed by atoms with Crippen LogP contribution in [0.2, 0.25) is 0 Å². The van der Waals surface area contributed by atoms with Crippen LogP contribution in [-0.4, -0.2) is 82.6 Å². The SMILES string of the molecule is CO[C@H]1[C@@H](O[PH](=O)OC[C@@H]2CC[C@H](n3cnc4c(N)ncnc43)C2)[C@H](n2cnc3c(=O)[nH]c(N)nc32)O[C@@H]1COP(=O)(O)S. The summed E-state index contributed by atoms with van der Waals surface area (Å²) in [6.07, 6.45) is 2.61. The van der Waals surface area contributed by atoms with Gasteiger partial charge in [0, 0.05) is 13.2 Å². The predicted molar refractivity (Wildman–Crippen MR) is 158 cm³/mol. The second-order valence-electron chi connectivity index (χ2n) is 10.4. The molecule has 0 spiro atoms. The van der Waals surface area contributed by atoms with Crippen molar-refractivity contribution < 1.29 is 37.1 Å². The maximum atomic E-state index is 13.2. The summed E-state index contributed by atoms with van der Waals surface area (Å²) in [5.41, 5.74) is 12.3. The number of H-pyrrole nitrogens is 1. The summed E-state index contributed by atoms with van der Waals surface area (Å²) in [4.78, 5) is 45.1. The van der Waals surface area contributed by atoms with E-state index in [4.69, 9.17) is 34.5 Å². The molecule has 0 radical (unpaired) electrons. The Morgan fingerprint density at radius 3 is 2.68 bits per heavy atom. The maximum Gasteiger partial charge on any atom is 0.383 e. The first-order valence-electron chi connectivity index (χ1n) is 13.4. The first kappa shape index (κ1) is 31.1. The molecule has 4 aromatic heterocycles. The summed E-state index contributed by atoms with van der Waals surface area (Å²) < 4.78 is 56.4. The highest BCUT2D eigenvalue weighted by atomic mass is 32.7. The molecule has 1 aliphatic carbocycles. The minimum atomic E-state index is -4.17. The van der Waals surface area contributed by atoms with E-state index in [0.717, 1.165) is 19.3 Å². The zero-order valence-electron chi connectivity index (χ0n) is 23.1. The summed E-state index contributed by atoms with van der Waals surface area (Å²) in [6, 6.07) is 0.101. The second-order valence-corrected chi connectivity index (χ2v) is 14.2. The Balaban J connectivity index is 1.16. The molecule has 1 saturated heterocycles. The molecule has 6 N–H and O–H groups in total. The van der Waals surface area contributed by atoms with Crippen LogP contribution in [0.3, 0.4) is 0 Å². The molecule has 2 unspecified atom stereocenters. The van der Waals surface area contributed by atoms with Crippen LogP contribution in [0.4, 0.5) is 11.8 Å². The number of nitrogens with one attached hydrogen (secondary N) is 1. The lowest BCUT2D eigenvalue weighted by Crippen LogP contribution is -2.36. The van der Waals surface area contributed by atoms with Crippen molar-refractivity contribution in [3.05, 3.63) is 29.3 Å². The van der Waals surface area contributed by atoms with Gasteiger partial charge in [0.15, 0.2) is 28.9 Å². The van der Waals surface area contributed by atoms with Gasteiger partial charge in [0.2, 0.25) is 5.95 Å². The lowest BCUT2D eigenvalue weighted by Gasteiger charge is -2.24. The molecule has 1 saturated carbocycles. The largest absolute Gasteiger partial charge is 0.383 e. The van der Waals surface area contributed by atoms with Gasteiger partial charge in [-0.05, 0) is 25.2 Å². The second kappa shape index (κ2) is 12.5. The van der Waals surface area contributed by atoms with Gasteiger partial charge in [-0.25, -0.2) is 24.5 Å². The molecular formula is C22H30N10O9P2S. The average molecular weight is 673 g/mol. The zero-order valence-corrected chi connectivity index (χ0v) is 25.9. The van der Waals surface area contributed by atoms with Gasteiger partial charge >= 0.3 is 15.1 Å². The lowest BCUT2D eigenvalue weighted by molar-refractivity contribution is -0.0489. The fraction of sp³-hybridized carbons (Fsp3) is 0.545. The number of aromatic nitrogens is 8. The number of rotatable bonds is 11. The van der Waals surface area contributed by atoms with E-state index in [1.807, 2.05) is 4.57 Å². The van der Waals surface area contributed by atoms with Crippen molar-refractivity contribution in [2.24, 2.45) is 5.92 Å². The molecule has 22 heteroatoms. The topological polar surface area (TPSA) is 260 Å². The van der Waals surface area contributed by atoms with Crippen molar-refractivity contribution in [3.63, 3.8) is 0 Å². The first-order valence-corrected chi connectivity index (χ1v) is 17.3. The van der Waals surface area contributed by atoms with Gasteiger partial charge in [0.25, 0.3) is 5.56 Å². The maximum absolute atomic E-state index is 13.2. The van der Waals surface area contributed by atoms with Gasteiger partial charge in [-0.1, -0.05) is 12.2 Å². The fourth-order valence-electron chi connectivity index (χ4n) is 5.70. The highest BCUT2D eigenvalue weighted by Gasteiger charge is 2.49. The molecule has 19 nitrogen and oxygen atoms in total. The van der Waals surface area contributed by atoms with E-state index in [2.05, 4.69) is 42.2 Å². The molecule has 8 atom stereocenters. The number of nitrogens with two attached hydrogens (primary N) is 2. The van der Waals surface area contributed by atoms with Gasteiger partial charge in [-0.2, -0.15) is 4.98 Å². The van der Waals surface area contributed by atoms with Gasteiger partial charge in [0.05, 0.1) is 25.9 Å². The van der Waals surface area contributed by atoms with Crippen LogP contribution in [0.5, 0.6) is 0 Å². The fourth-order valence-corrected chi connectivity index (χ4v) is 7.15. The molecule has 4 aromatic rings. The van der Waals surface area contributed by atoms with Gasteiger partial charge in [-0.15, -0.1) is 0 Å². The lowest BCUT2D eigenvalue weighted by atomic mass is 10.1. The normalized spacial score (nSPS) is 27.7. The molecule has 6 rings (SSSR count). The third-order valence-electron chi connectivity index (χ3n) is 7.65. The minimum Gasteiger partial charge on any atom is -0.382 e. The minimum absolute atomic E-state index is 0.0232. The van der Waals surface area contributed by atoms with Crippen molar-refractivity contribution in [2.45, 2.75) is 49.8 Å². The predicted octanol–water partition coefficient (Wildman–Crippen LogP) is 1.22. The molecule has 44 heavy (non-hydrogen) atoms. The van der Waals surface area contributed by atoms with E-state index in [0.29, 0.717) is 17.0 Å². The van der Waals surface area contributed by atoms with Crippen LogP contribution >= 0.6 is 27.3 Å². The molecular weight excluding hydrogens is 642 g/mol. The zero-order chi connectivity index (χ0) is 31.2. The van der Waals surface area contributed by atoms with Crippen molar-refractivity contribution in [1.82, 2.24) is 39.0 Å². The Bertz CT molecular complexity index is 1800. The molecule has 5 heterocycles. The number of nitrogen functional groups attached to an aromatic ring is 2. The van der Waals surface area contributed by atoms with E-state index >= 15 is 0 Å². The Morgan fingerprint density at radius 2 is 1.91 bits per heavy atom. The van der Waals surface area contributed by atoms with Crippen LogP contribution in [-0.2, 0) is 32.2 Å². The van der Waals surface area contributed by atoms with Crippen LogP contribution in [0, 0.1) is 5.92 Å². The molecule has 238 valence electrons. The van der Waals surface area contributed by atoms with E-state index in [-0.39, 0.29) is 35.7 Å². The number of anilines is 2. The number of thiol groups is 1. The van der Waals surface area contributed by atoms with Gasteiger partial charge < -0.3 is 34.9 Å². The third kappa shape index (κ3) is 6.27. The first-order chi connectivity index (χ1) is 21.0. The summed E-state index contributed by atoms with van der Waals surface area (Å²) in [7, 11) is -1.78. The highest BCUT2D eigenvalue weighted by molar-refractivity contribution is 8.44. The Morgan fingerprint density at radius 1 is 1.14 bits per heavy atom. The number of hydrogen-bond acceptors (Lipinski definition) is 15. The number of fused-ring (bicyclic) bond motifs is 2. The summed E-state index contributed by atoms with van der Waals surface area (Å²) in [5.74, 6) is 0.228. The average Bonchev–Trinajstić information content (AvgIpc) is 3.75. The van der Waals surface area contributed by atoms with Crippen LogP contribution < -0.4 is 17.0 Å². The number of imidazole rings is 2. The van der Waals surface area contributed by atoms with Crippen molar-refractivity contribution in [3.8, 4) is 0 Å². The van der Waals surface area contributed by atoms with E-state index in [9.17, 15) is 18.8 Å². The molecule has 2 fully saturated rings. The number of methoxy groups -OCH3 is 1. The van der Waals surface area contributed by atoms with Crippen molar-refractivity contribution >= 4 is 61.4 Å². The highest BCUT2D eigenvalue weighted by Crippen LogP contribution is 2.48. The van der Waals surface area contributed by atoms with Crippen LogP contribution in [0.25, 0.3) is 22.3 Å². The van der Waals surface area contributed by atoms with E-state index < -0.39 is 51.8 Å². The van der Waals surface area contributed by atoms with Crippen LogP contribution in [0.1, 0.15) is 31.5 Å². The molecule has 0 amide bonds. The van der Waals surface area contributed by atoms with E-state index in [1.54, 1.807) is 6.33 Å². The molecule has 0 aromatic carbocycles. The number of aromatic amines is 1. The summed E-state index contributed by atoms with van der Waals surface area (Å²) in [6.45, 7) is -4.43. The van der Waals surface area contributed by atoms with Gasteiger partial charge in [-0.3, -0.25) is 28.0 Å². The smallest absolute Gasteiger partial charge is 0.382 e. The molecule has 2 aliphatic rings. The summed E-state index contributed by atoms with van der Waals surface area (Å²) in [5, 5.41) is 0. The molecule has 1 aliphatic heterocycles. The number of nitrogens with zero attached hydrogens (tertiary/aromatic N) is 7. The van der Waals surface area contributed by atoms with E-state index in [1.165, 1.54) is 24.3 Å². The third-order valence-corrected chi connectivity index (χ3v) is 9.35. The van der Waals surface area contributed by atoms with Crippen molar-refractivity contribution in [2.75, 3.05) is 31.8 Å². The monoisotopic (exact) mass is 672 g/mol. The Kier molecular flexibility index (Phi) is 8.80. The standard InChI is InChI=1S/C22H30N10O9P2S/c1-37-15-12(6-39-43(35,36)44)40-21(32-9-28-14-19(32)29-22(24)30-20(14)33)16(15)41-42(34)38-5-10-2-3-11(4-10)31-8-27-13-17(23)25-7-26-18(13)31/h7-12,15-16,21,42H,2-6H2,1H3,(H2,23,25,26)(H2,35,36,44)(H3,24,29,30,33)/t10-,11+,12-,15-,16-,21-/m1/s1. The van der Waals surface area contributed by atoms with Gasteiger partial charge in [0.1, 0.15) is 30.2 Å².